The summed E-state index contributed by atoms with van der Waals surface area (Å²) in [6.45, 7) is 1.39. The van der Waals surface area contributed by atoms with Crippen molar-refractivity contribution in [3.05, 3.63) is 49.6 Å². The molecule has 2 heterocycles. The van der Waals surface area contributed by atoms with Crippen LogP contribution in [-0.2, 0) is 13.1 Å². The van der Waals surface area contributed by atoms with E-state index >= 15 is 0 Å². The maximum atomic E-state index is 12.4. The Kier molecular flexibility index (Phi) is 3.01. The second-order valence-corrected chi connectivity index (χ2v) is 4.99. The van der Waals surface area contributed by atoms with E-state index in [2.05, 4.69) is 0 Å². The standard InChI is InChI=1S/C12H12N4O3S/c17-11-13-7-1-2-8-14(13)12(20)15(11)9-3-5-10(6-4-9)16(18)19/h3-6H,1-2,7-8H2. The molecule has 0 aliphatic carbocycles. The molecular weight excluding hydrogens is 280 g/mol. The third-order valence-electron chi connectivity index (χ3n) is 3.42. The smallest absolute Gasteiger partial charge is 0.258 e. The van der Waals surface area contributed by atoms with Crippen LogP contribution in [0.15, 0.2) is 29.1 Å². The Morgan fingerprint density at radius 2 is 1.70 bits per heavy atom. The minimum atomic E-state index is -0.472. The highest BCUT2D eigenvalue weighted by Gasteiger charge is 2.17. The van der Waals surface area contributed by atoms with Crippen LogP contribution in [0.4, 0.5) is 5.69 Å². The lowest BCUT2D eigenvalue weighted by Crippen LogP contribution is -2.29. The van der Waals surface area contributed by atoms with Gasteiger partial charge < -0.3 is 0 Å². The molecule has 0 atom stereocenters. The predicted octanol–water partition coefficient (Wildman–Crippen LogP) is 1.87. The fourth-order valence-corrected chi connectivity index (χ4v) is 2.79. The van der Waals surface area contributed by atoms with Crippen LogP contribution in [0.1, 0.15) is 12.8 Å². The van der Waals surface area contributed by atoms with Crippen LogP contribution in [0.5, 0.6) is 0 Å². The summed E-state index contributed by atoms with van der Waals surface area (Å²) in [5, 5.41) is 10.6. The molecule has 0 saturated heterocycles. The number of aromatic nitrogens is 3. The van der Waals surface area contributed by atoms with Gasteiger partial charge in [0.05, 0.1) is 10.6 Å². The number of nitro benzene ring substituents is 1. The molecule has 0 bridgehead atoms. The molecule has 1 aliphatic rings. The Balaban J connectivity index is 2.15. The Labute approximate surface area is 118 Å². The van der Waals surface area contributed by atoms with Gasteiger partial charge >= 0.3 is 5.69 Å². The zero-order valence-electron chi connectivity index (χ0n) is 10.6. The van der Waals surface area contributed by atoms with Gasteiger partial charge in [-0.15, -0.1) is 0 Å². The highest BCUT2D eigenvalue weighted by molar-refractivity contribution is 7.71. The summed E-state index contributed by atoms with van der Waals surface area (Å²) >= 11 is 5.34. The first-order valence-electron chi connectivity index (χ1n) is 6.27. The number of nitro groups is 1. The normalized spacial score (nSPS) is 14.0. The molecule has 0 radical (unpaired) electrons. The number of fused-ring (bicyclic) bond motifs is 1. The molecule has 1 aromatic heterocycles. The highest BCUT2D eigenvalue weighted by atomic mass is 32.1. The molecular formula is C12H12N4O3S. The topological polar surface area (TPSA) is 75.0 Å². The van der Waals surface area contributed by atoms with Crippen LogP contribution in [0.25, 0.3) is 5.69 Å². The van der Waals surface area contributed by atoms with E-state index in [1.165, 1.54) is 16.7 Å². The second-order valence-electron chi connectivity index (χ2n) is 4.63. The molecule has 0 fully saturated rings. The summed E-state index contributed by atoms with van der Waals surface area (Å²) in [6, 6.07) is 5.83. The molecule has 104 valence electrons. The van der Waals surface area contributed by atoms with Crippen molar-refractivity contribution in [1.29, 1.82) is 0 Å². The van der Waals surface area contributed by atoms with Crippen molar-refractivity contribution in [1.82, 2.24) is 13.9 Å². The van der Waals surface area contributed by atoms with E-state index < -0.39 is 4.92 Å². The quantitative estimate of drug-likeness (QED) is 0.481. The summed E-state index contributed by atoms with van der Waals surface area (Å²) in [5.74, 6) is 0. The predicted molar refractivity (Wildman–Crippen MR) is 74.7 cm³/mol. The molecule has 0 unspecified atom stereocenters. The first kappa shape index (κ1) is 12.8. The van der Waals surface area contributed by atoms with Crippen molar-refractivity contribution in [2.75, 3.05) is 0 Å². The van der Waals surface area contributed by atoms with E-state index in [0.717, 1.165) is 19.4 Å². The summed E-state index contributed by atoms with van der Waals surface area (Å²) in [7, 11) is 0. The van der Waals surface area contributed by atoms with E-state index in [1.54, 1.807) is 21.5 Å². The van der Waals surface area contributed by atoms with Crippen molar-refractivity contribution in [2.24, 2.45) is 0 Å². The fraction of sp³-hybridized carbons (Fsp3) is 0.333. The fourth-order valence-electron chi connectivity index (χ4n) is 2.42. The number of hydrogen-bond acceptors (Lipinski definition) is 4. The van der Waals surface area contributed by atoms with Gasteiger partial charge in [-0.1, -0.05) is 0 Å². The van der Waals surface area contributed by atoms with Crippen molar-refractivity contribution in [2.45, 2.75) is 25.9 Å². The first-order valence-corrected chi connectivity index (χ1v) is 6.68. The van der Waals surface area contributed by atoms with Crippen LogP contribution >= 0.6 is 12.2 Å². The van der Waals surface area contributed by atoms with Gasteiger partial charge in [0.1, 0.15) is 0 Å². The minimum absolute atomic E-state index is 0.00987. The lowest BCUT2D eigenvalue weighted by molar-refractivity contribution is -0.384. The van der Waals surface area contributed by atoms with Gasteiger partial charge in [0, 0.05) is 25.2 Å². The van der Waals surface area contributed by atoms with E-state index in [4.69, 9.17) is 12.2 Å². The molecule has 8 heteroatoms. The molecule has 0 N–H and O–H groups in total. The van der Waals surface area contributed by atoms with E-state index in [0.29, 0.717) is 17.0 Å². The SMILES string of the molecule is O=c1n(-c2ccc([N+](=O)[O-])cc2)c(=S)n2n1CCCC2. The Bertz CT molecular complexity index is 747. The van der Waals surface area contributed by atoms with E-state index in [9.17, 15) is 14.9 Å². The van der Waals surface area contributed by atoms with Gasteiger partial charge in [0.15, 0.2) is 0 Å². The third-order valence-corrected chi connectivity index (χ3v) is 3.82. The Morgan fingerprint density at radius 1 is 1.10 bits per heavy atom. The lowest BCUT2D eigenvalue weighted by Gasteiger charge is -2.14. The molecule has 0 spiro atoms. The summed E-state index contributed by atoms with van der Waals surface area (Å²) in [5.41, 5.74) is 0.355. The Hall–Kier alpha value is -2.22. The first-order chi connectivity index (χ1) is 9.59. The van der Waals surface area contributed by atoms with Crippen LogP contribution in [0.3, 0.4) is 0 Å². The van der Waals surface area contributed by atoms with Crippen LogP contribution in [0, 0.1) is 14.9 Å². The zero-order valence-corrected chi connectivity index (χ0v) is 11.4. The Morgan fingerprint density at radius 3 is 2.25 bits per heavy atom. The van der Waals surface area contributed by atoms with Crippen LogP contribution in [0.2, 0.25) is 0 Å². The van der Waals surface area contributed by atoms with Crippen molar-refractivity contribution < 1.29 is 4.92 Å². The van der Waals surface area contributed by atoms with Gasteiger partial charge in [0.25, 0.3) is 5.69 Å². The number of rotatable bonds is 2. The number of benzene rings is 1. The van der Waals surface area contributed by atoms with Crippen molar-refractivity contribution in [3.8, 4) is 5.69 Å². The average molecular weight is 292 g/mol. The van der Waals surface area contributed by atoms with Crippen molar-refractivity contribution in [3.63, 3.8) is 0 Å². The average Bonchev–Trinajstić information content (AvgIpc) is 2.72. The van der Waals surface area contributed by atoms with Crippen molar-refractivity contribution >= 4 is 17.9 Å². The van der Waals surface area contributed by atoms with Gasteiger partial charge in [-0.2, -0.15) is 0 Å². The maximum absolute atomic E-state index is 12.4. The molecule has 7 nitrogen and oxygen atoms in total. The van der Waals surface area contributed by atoms with Gasteiger partial charge in [0.2, 0.25) is 4.77 Å². The lowest BCUT2D eigenvalue weighted by atomic mass is 10.3. The molecule has 0 amide bonds. The summed E-state index contributed by atoms with van der Waals surface area (Å²) < 4.78 is 5.28. The maximum Gasteiger partial charge on any atom is 0.349 e. The second kappa shape index (κ2) is 4.71. The number of non-ortho nitro benzene ring substituents is 1. The highest BCUT2D eigenvalue weighted by Crippen LogP contribution is 2.16. The van der Waals surface area contributed by atoms with Gasteiger partial charge in [-0.25, -0.2) is 14.0 Å². The number of nitrogens with zero attached hydrogens (tertiary/aromatic N) is 4. The van der Waals surface area contributed by atoms with Gasteiger partial charge in [-0.3, -0.25) is 14.8 Å². The van der Waals surface area contributed by atoms with Gasteiger partial charge in [-0.05, 0) is 37.2 Å². The summed E-state index contributed by atoms with van der Waals surface area (Å²) in [6.07, 6.45) is 1.96. The largest absolute Gasteiger partial charge is 0.349 e. The minimum Gasteiger partial charge on any atom is -0.258 e. The van der Waals surface area contributed by atoms with Crippen LogP contribution in [-0.4, -0.2) is 18.9 Å². The van der Waals surface area contributed by atoms with E-state index in [-0.39, 0.29) is 11.4 Å². The van der Waals surface area contributed by atoms with E-state index in [1.807, 2.05) is 0 Å². The van der Waals surface area contributed by atoms with Crippen LogP contribution < -0.4 is 5.69 Å². The zero-order chi connectivity index (χ0) is 14.3. The molecule has 20 heavy (non-hydrogen) atoms. The summed E-state index contributed by atoms with van der Waals surface area (Å²) in [4.78, 5) is 22.5. The molecule has 2 aromatic rings. The number of hydrogen-bond donors (Lipinski definition) is 0. The molecule has 1 aliphatic heterocycles. The molecule has 0 saturated carbocycles. The molecule has 3 rings (SSSR count). The third kappa shape index (κ3) is 1.88. The molecule has 1 aromatic carbocycles. The monoisotopic (exact) mass is 292 g/mol.